The van der Waals surface area contributed by atoms with E-state index in [0.717, 1.165) is 0 Å². The van der Waals surface area contributed by atoms with Gasteiger partial charge in [0, 0.05) is 5.56 Å². The fraction of sp³-hybridized carbons (Fsp3) is 0.250. The molecule has 0 aliphatic carbocycles. The molecule has 6 heteroatoms. The topological polar surface area (TPSA) is 36.7 Å². The Balaban J connectivity index is 3.26. The molecule has 14 heavy (non-hydrogen) atoms. The summed E-state index contributed by atoms with van der Waals surface area (Å²) in [6, 6.07) is 3.04. The summed E-state index contributed by atoms with van der Waals surface area (Å²) >= 11 is 7.47. The molecule has 0 saturated heterocycles. The standard InChI is InChI=1S/C8H4ClF2IN2/c9-7-4(8(10)11)3-6(12)14-5(7)1-2-13/h3,8H,1H2. The van der Waals surface area contributed by atoms with Crippen molar-refractivity contribution in [3.63, 3.8) is 0 Å². The fourth-order valence-electron chi connectivity index (χ4n) is 0.919. The number of halogens is 4. The number of rotatable bonds is 2. The van der Waals surface area contributed by atoms with E-state index in [1.807, 2.05) is 28.7 Å². The van der Waals surface area contributed by atoms with E-state index in [-0.39, 0.29) is 22.7 Å². The molecule has 0 unspecified atom stereocenters. The summed E-state index contributed by atoms with van der Waals surface area (Å²) in [5.41, 5.74) is -0.0623. The molecule has 1 aromatic rings. The van der Waals surface area contributed by atoms with Gasteiger partial charge in [-0.25, -0.2) is 13.8 Å². The van der Waals surface area contributed by atoms with Crippen molar-refractivity contribution in [2.75, 3.05) is 0 Å². The molecule has 0 aliphatic rings. The maximum absolute atomic E-state index is 12.4. The van der Waals surface area contributed by atoms with Gasteiger partial charge in [-0.2, -0.15) is 5.26 Å². The Morgan fingerprint density at radius 2 is 2.29 bits per heavy atom. The molecule has 0 radical (unpaired) electrons. The summed E-state index contributed by atoms with van der Waals surface area (Å²) in [4.78, 5) is 3.90. The Morgan fingerprint density at radius 1 is 1.64 bits per heavy atom. The van der Waals surface area contributed by atoms with Gasteiger partial charge >= 0.3 is 0 Å². The molecule has 0 aliphatic heterocycles. The predicted molar refractivity (Wildman–Crippen MR) is 56.2 cm³/mol. The molecule has 0 atom stereocenters. The summed E-state index contributed by atoms with van der Waals surface area (Å²) < 4.78 is 25.3. The van der Waals surface area contributed by atoms with Gasteiger partial charge in [0.2, 0.25) is 0 Å². The largest absolute Gasteiger partial charge is 0.265 e. The predicted octanol–water partition coefficient (Wildman–Crippen LogP) is 3.34. The lowest BCUT2D eigenvalue weighted by atomic mass is 10.2. The number of nitriles is 1. The summed E-state index contributed by atoms with van der Waals surface area (Å²) in [7, 11) is 0. The highest BCUT2D eigenvalue weighted by atomic mass is 127. The van der Waals surface area contributed by atoms with Gasteiger partial charge in [-0.1, -0.05) is 11.6 Å². The van der Waals surface area contributed by atoms with Gasteiger partial charge in [0.05, 0.1) is 23.2 Å². The highest BCUT2D eigenvalue weighted by molar-refractivity contribution is 14.1. The van der Waals surface area contributed by atoms with Crippen LogP contribution >= 0.6 is 34.2 Å². The van der Waals surface area contributed by atoms with Crippen molar-refractivity contribution < 1.29 is 8.78 Å². The molecule has 0 spiro atoms. The van der Waals surface area contributed by atoms with Crippen LogP contribution in [0.15, 0.2) is 6.07 Å². The van der Waals surface area contributed by atoms with E-state index in [1.54, 1.807) is 0 Å². The normalized spacial score (nSPS) is 10.3. The molecule has 1 rings (SSSR count). The SMILES string of the molecule is N#CCc1nc(I)cc(C(F)F)c1Cl. The molecule has 2 nitrogen and oxygen atoms in total. The lowest BCUT2D eigenvalue weighted by molar-refractivity contribution is 0.151. The minimum Gasteiger partial charge on any atom is -0.244 e. The van der Waals surface area contributed by atoms with Crippen LogP contribution in [0.25, 0.3) is 0 Å². The van der Waals surface area contributed by atoms with Gasteiger partial charge in [0.1, 0.15) is 3.70 Å². The van der Waals surface area contributed by atoms with E-state index in [1.165, 1.54) is 6.07 Å². The van der Waals surface area contributed by atoms with E-state index >= 15 is 0 Å². The highest BCUT2D eigenvalue weighted by Crippen LogP contribution is 2.30. The molecule has 0 saturated carbocycles. The van der Waals surface area contributed by atoms with Crippen molar-refractivity contribution in [3.8, 4) is 6.07 Å². The van der Waals surface area contributed by atoms with E-state index in [4.69, 9.17) is 16.9 Å². The molecular formula is C8H4ClF2IN2. The minimum atomic E-state index is -2.64. The lowest BCUT2D eigenvalue weighted by Gasteiger charge is -2.06. The van der Waals surface area contributed by atoms with Crippen molar-refractivity contribution in [3.05, 3.63) is 26.0 Å². The first-order valence-electron chi connectivity index (χ1n) is 3.56. The number of pyridine rings is 1. The second-order valence-corrected chi connectivity index (χ2v) is 3.91. The molecular weight excluding hydrogens is 324 g/mol. The summed E-state index contributed by atoms with van der Waals surface area (Å²) in [6.07, 6.45) is -2.70. The van der Waals surface area contributed by atoms with Gasteiger partial charge < -0.3 is 0 Å². The first kappa shape index (κ1) is 11.6. The van der Waals surface area contributed by atoms with Crippen molar-refractivity contribution in [1.82, 2.24) is 4.98 Å². The van der Waals surface area contributed by atoms with Gasteiger partial charge in [-0.05, 0) is 28.7 Å². The van der Waals surface area contributed by atoms with Crippen LogP contribution in [0.4, 0.5) is 8.78 Å². The van der Waals surface area contributed by atoms with Crippen molar-refractivity contribution in [2.24, 2.45) is 0 Å². The molecule has 0 fully saturated rings. The number of hydrogen-bond donors (Lipinski definition) is 0. The minimum absolute atomic E-state index is 0.0601. The molecule has 0 aromatic carbocycles. The summed E-state index contributed by atoms with van der Waals surface area (Å²) in [6.45, 7) is 0. The van der Waals surface area contributed by atoms with Crippen molar-refractivity contribution in [2.45, 2.75) is 12.8 Å². The number of aromatic nitrogens is 1. The van der Waals surface area contributed by atoms with Crippen LogP contribution in [0.5, 0.6) is 0 Å². The second-order valence-electron chi connectivity index (χ2n) is 2.43. The third-order valence-corrected chi connectivity index (χ3v) is 2.49. The lowest BCUT2D eigenvalue weighted by Crippen LogP contribution is -1.98. The van der Waals surface area contributed by atoms with E-state index in [9.17, 15) is 8.78 Å². The Labute approximate surface area is 98.0 Å². The fourth-order valence-corrected chi connectivity index (χ4v) is 1.79. The molecule has 1 heterocycles. The van der Waals surface area contributed by atoms with Crippen LogP contribution in [-0.4, -0.2) is 4.98 Å². The third kappa shape index (κ3) is 2.51. The smallest absolute Gasteiger partial charge is 0.244 e. The van der Waals surface area contributed by atoms with Crippen LogP contribution in [0, 0.1) is 15.0 Å². The maximum Gasteiger partial charge on any atom is 0.265 e. The monoisotopic (exact) mass is 328 g/mol. The third-order valence-electron chi connectivity index (χ3n) is 1.50. The maximum atomic E-state index is 12.4. The Hall–Kier alpha value is -0.480. The summed E-state index contributed by atoms with van der Waals surface area (Å²) in [5.74, 6) is 0. The van der Waals surface area contributed by atoms with Crippen LogP contribution in [-0.2, 0) is 6.42 Å². The average molecular weight is 328 g/mol. The van der Waals surface area contributed by atoms with Crippen LogP contribution < -0.4 is 0 Å². The summed E-state index contributed by atoms with van der Waals surface area (Å²) in [5, 5.41) is 8.32. The second kappa shape index (κ2) is 4.84. The van der Waals surface area contributed by atoms with Crippen LogP contribution in [0.1, 0.15) is 17.7 Å². The number of alkyl halides is 2. The molecule has 0 amide bonds. The molecule has 74 valence electrons. The first-order valence-corrected chi connectivity index (χ1v) is 5.02. The number of nitrogens with zero attached hydrogens (tertiary/aromatic N) is 2. The first-order chi connectivity index (χ1) is 6.56. The Kier molecular flexibility index (Phi) is 4.01. The van der Waals surface area contributed by atoms with Gasteiger partial charge in [0.15, 0.2) is 0 Å². The zero-order chi connectivity index (χ0) is 10.7. The van der Waals surface area contributed by atoms with Gasteiger partial charge in [-0.3, -0.25) is 0 Å². The van der Waals surface area contributed by atoms with E-state index in [0.29, 0.717) is 3.70 Å². The van der Waals surface area contributed by atoms with E-state index in [2.05, 4.69) is 4.98 Å². The van der Waals surface area contributed by atoms with Gasteiger partial charge in [-0.15, -0.1) is 0 Å². The highest BCUT2D eigenvalue weighted by Gasteiger charge is 2.16. The number of hydrogen-bond acceptors (Lipinski definition) is 2. The zero-order valence-electron chi connectivity index (χ0n) is 6.77. The molecule has 0 bridgehead atoms. The zero-order valence-corrected chi connectivity index (χ0v) is 9.68. The van der Waals surface area contributed by atoms with Crippen LogP contribution in [0.2, 0.25) is 5.02 Å². The van der Waals surface area contributed by atoms with Crippen molar-refractivity contribution in [1.29, 1.82) is 5.26 Å². The van der Waals surface area contributed by atoms with Gasteiger partial charge in [0.25, 0.3) is 6.43 Å². The average Bonchev–Trinajstić information content (AvgIpc) is 2.10. The quantitative estimate of drug-likeness (QED) is 0.617. The Morgan fingerprint density at radius 3 is 2.79 bits per heavy atom. The van der Waals surface area contributed by atoms with Crippen molar-refractivity contribution >= 4 is 34.2 Å². The van der Waals surface area contributed by atoms with Crippen LogP contribution in [0.3, 0.4) is 0 Å². The Bertz CT molecular complexity index is 390. The molecule has 1 aromatic heterocycles. The molecule has 0 N–H and O–H groups in total. The van der Waals surface area contributed by atoms with E-state index < -0.39 is 6.43 Å².